The Labute approximate surface area is 475 Å². The van der Waals surface area contributed by atoms with E-state index in [0.29, 0.717) is 49.8 Å². The van der Waals surface area contributed by atoms with E-state index in [4.69, 9.17) is 13.6 Å². The molecule has 15 heteroatoms. The Morgan fingerprint density at radius 3 is 1.15 bits per heavy atom. The standard InChI is InChI=1S/C65H80N8O5Si2/c1-64(2,3)79(56-24-14-8-15-25-56,57-26-16-9-17-27-57)77-46-53-34-38-72-36-32-51(68-62(72)70-53)43-66-60(74)49-40-50(42-55(41-49)76-45-48-22-12-7-13-23-48)61(75)67-44-52-33-37-73-39-35-54(71-63(73)69-52)47-78-80(65(4,5)6,58-28-18-10-19-29-58)59-30-20-11-21-31-59/h7-31,40-42,51-54H,32-39,43-47H2,1-6H3,(H4,66,67,68,69,70,71,74,75)/p+2/t51-,52-,53-,54-/m0/s1. The van der Waals surface area contributed by atoms with Crippen LogP contribution in [0.2, 0.25) is 10.1 Å². The summed E-state index contributed by atoms with van der Waals surface area (Å²) >= 11 is 0. The van der Waals surface area contributed by atoms with Gasteiger partial charge in [0.05, 0.1) is 76.6 Å². The lowest BCUT2D eigenvalue weighted by atomic mass is 10.1. The summed E-state index contributed by atoms with van der Waals surface area (Å²) in [7, 11) is -5.42. The van der Waals surface area contributed by atoms with Gasteiger partial charge in [0.25, 0.3) is 28.4 Å². The van der Waals surface area contributed by atoms with E-state index in [-0.39, 0.29) is 46.1 Å². The van der Waals surface area contributed by atoms with Crippen LogP contribution in [0.25, 0.3) is 0 Å². The molecule has 2 amide bonds. The van der Waals surface area contributed by atoms with Gasteiger partial charge in [0.1, 0.15) is 12.4 Å². The van der Waals surface area contributed by atoms with Gasteiger partial charge in [-0.3, -0.25) is 40.0 Å². The van der Waals surface area contributed by atoms with Crippen molar-refractivity contribution in [1.29, 1.82) is 0 Å². The minimum atomic E-state index is -2.71. The number of amides is 2. The molecule has 4 aliphatic heterocycles. The number of benzene rings is 6. The van der Waals surface area contributed by atoms with E-state index >= 15 is 0 Å². The molecule has 0 aliphatic carbocycles. The molecule has 0 saturated carbocycles. The molecule has 0 spiro atoms. The highest BCUT2D eigenvalue weighted by Gasteiger charge is 2.52. The summed E-state index contributed by atoms with van der Waals surface area (Å²) in [4.78, 5) is 28.4. The van der Waals surface area contributed by atoms with E-state index in [1.807, 2.05) is 30.3 Å². The molecule has 4 heterocycles. The van der Waals surface area contributed by atoms with Gasteiger partial charge in [0.15, 0.2) is 0 Å². The van der Waals surface area contributed by atoms with Crippen LogP contribution in [-0.2, 0) is 15.5 Å². The Morgan fingerprint density at radius 1 is 0.475 bits per heavy atom. The summed E-state index contributed by atoms with van der Waals surface area (Å²) in [6, 6.07) is 58.4. The van der Waals surface area contributed by atoms with Crippen LogP contribution in [0.3, 0.4) is 0 Å². The Bertz CT molecular complexity index is 2850. The van der Waals surface area contributed by atoms with Crippen LogP contribution in [-0.4, -0.2) is 126 Å². The van der Waals surface area contributed by atoms with Gasteiger partial charge in [-0.05, 0) is 54.6 Å². The molecule has 10 rings (SSSR count). The Hall–Kier alpha value is -7.05. The van der Waals surface area contributed by atoms with Gasteiger partial charge in [-0.15, -0.1) is 0 Å². The number of hydrogen-bond donors (Lipinski definition) is 6. The van der Waals surface area contributed by atoms with Crippen molar-refractivity contribution < 1.29 is 32.3 Å². The molecule has 4 atom stereocenters. The highest BCUT2D eigenvalue weighted by molar-refractivity contribution is 7.00. The fourth-order valence-corrected chi connectivity index (χ4v) is 21.5. The van der Waals surface area contributed by atoms with Crippen molar-refractivity contribution in [3.8, 4) is 5.75 Å². The van der Waals surface area contributed by atoms with Crippen molar-refractivity contribution >= 4 is 61.1 Å². The molecule has 0 saturated heterocycles. The smallest absolute Gasteiger partial charge is 0.346 e. The van der Waals surface area contributed by atoms with Gasteiger partial charge in [-0.1, -0.05) is 193 Å². The predicted molar refractivity (Wildman–Crippen MR) is 325 cm³/mol. The largest absolute Gasteiger partial charge is 0.489 e. The van der Waals surface area contributed by atoms with E-state index in [1.165, 1.54) is 20.7 Å². The summed E-state index contributed by atoms with van der Waals surface area (Å²) in [5.74, 6) is 1.87. The zero-order valence-electron chi connectivity index (χ0n) is 47.6. The van der Waals surface area contributed by atoms with Crippen molar-refractivity contribution in [2.45, 2.75) is 108 Å². The monoisotopic (exact) mass is 1110 g/mol. The molecule has 0 fully saturated rings. The first-order chi connectivity index (χ1) is 38.7. The Balaban J connectivity index is 0.764. The lowest BCUT2D eigenvalue weighted by Crippen LogP contribution is -2.68. The fourth-order valence-electron chi connectivity index (χ4n) is 12.3. The average molecular weight is 1110 g/mol. The van der Waals surface area contributed by atoms with Crippen molar-refractivity contribution in [1.82, 2.24) is 31.9 Å². The van der Waals surface area contributed by atoms with Crippen LogP contribution in [0, 0.1) is 0 Å². The highest BCUT2D eigenvalue weighted by atomic mass is 28.4. The fraction of sp³-hybridized carbons (Fsp3) is 0.385. The molecule has 6 N–H and O–H groups in total. The second-order valence-corrected chi connectivity index (χ2v) is 32.7. The molecular weight excluding hydrogens is 1030 g/mol. The number of nitrogens with one attached hydrogen (secondary N) is 6. The number of carbonyl (C=O) groups is 2. The van der Waals surface area contributed by atoms with E-state index in [2.05, 4.69) is 204 Å². The third kappa shape index (κ3) is 12.6. The van der Waals surface area contributed by atoms with Crippen molar-refractivity contribution in [2.75, 3.05) is 52.5 Å². The molecular formula is C65H82N8O5Si2+2. The minimum Gasteiger partial charge on any atom is -0.489 e. The van der Waals surface area contributed by atoms with Crippen LogP contribution < -0.4 is 57.4 Å². The zero-order valence-corrected chi connectivity index (χ0v) is 49.6. The maximum atomic E-state index is 14.2. The molecule has 0 radical (unpaired) electrons. The lowest BCUT2D eigenvalue weighted by Gasteiger charge is -2.44. The molecule has 418 valence electrons. The van der Waals surface area contributed by atoms with E-state index < -0.39 is 16.6 Å². The second kappa shape index (κ2) is 24.8. The van der Waals surface area contributed by atoms with Gasteiger partial charge >= 0.3 is 11.9 Å². The molecule has 0 bridgehead atoms. The Kier molecular flexibility index (Phi) is 17.4. The summed E-state index contributed by atoms with van der Waals surface area (Å²) in [6.07, 6.45) is 3.64. The van der Waals surface area contributed by atoms with E-state index in [0.717, 1.165) is 69.3 Å². The van der Waals surface area contributed by atoms with Gasteiger partial charge in [-0.25, -0.2) is 0 Å². The first kappa shape index (κ1) is 56.2. The molecule has 0 aromatic heterocycles. The SMILES string of the molecule is CC(C)(C)[Si](OC[C@@H]1CC[N+]2=C(N[C@H](CNC(=O)c3cc(OCc4ccccc4)cc(C(=O)NC[C@@H]4CC[N+]5=C(N4)N[C@H](CO[Si](c4ccccc4)(c4ccccc4)C(C)(C)C)CC5)c3)CC2)N1)(c1ccccc1)c1ccccc1. The van der Waals surface area contributed by atoms with E-state index in [9.17, 15) is 9.59 Å². The summed E-state index contributed by atoms with van der Waals surface area (Å²) < 4.78 is 25.7. The van der Waals surface area contributed by atoms with Crippen LogP contribution in [0.5, 0.6) is 5.75 Å². The third-order valence-corrected chi connectivity index (χ3v) is 26.5. The van der Waals surface area contributed by atoms with Crippen molar-refractivity contribution in [2.24, 2.45) is 0 Å². The van der Waals surface area contributed by atoms with Crippen molar-refractivity contribution in [3.63, 3.8) is 0 Å². The average Bonchev–Trinajstić information content (AvgIpc) is 3.54. The van der Waals surface area contributed by atoms with Crippen LogP contribution in [0.1, 0.15) is 93.5 Å². The summed E-state index contributed by atoms with van der Waals surface area (Å²) in [5, 5.41) is 26.3. The molecule has 6 aromatic rings. The number of rotatable bonds is 19. The van der Waals surface area contributed by atoms with Crippen LogP contribution in [0.4, 0.5) is 0 Å². The summed E-state index contributed by atoms with van der Waals surface area (Å²) in [6.45, 7) is 19.7. The van der Waals surface area contributed by atoms with Gasteiger partial charge in [0, 0.05) is 36.8 Å². The number of carbonyl (C=O) groups excluding carboxylic acids is 2. The first-order valence-electron chi connectivity index (χ1n) is 28.9. The highest BCUT2D eigenvalue weighted by Crippen LogP contribution is 2.38. The van der Waals surface area contributed by atoms with Gasteiger partial charge in [0.2, 0.25) is 0 Å². The normalized spacial score (nSPS) is 19.5. The second-order valence-electron chi connectivity index (χ2n) is 24.1. The quantitative estimate of drug-likeness (QED) is 0.0422. The Morgan fingerprint density at radius 2 is 0.800 bits per heavy atom. The zero-order chi connectivity index (χ0) is 55.7. The maximum Gasteiger partial charge on any atom is 0.346 e. The first-order valence-corrected chi connectivity index (χ1v) is 32.7. The third-order valence-electron chi connectivity index (χ3n) is 16.5. The number of guanidine groups is 2. The molecule has 4 aliphatic rings. The van der Waals surface area contributed by atoms with Crippen LogP contribution in [0.15, 0.2) is 170 Å². The van der Waals surface area contributed by atoms with Gasteiger partial charge in [-0.2, -0.15) is 0 Å². The molecule has 80 heavy (non-hydrogen) atoms. The number of hydrogen-bond acceptors (Lipinski definition) is 9. The van der Waals surface area contributed by atoms with Crippen molar-refractivity contribution in [3.05, 3.63) is 187 Å². The number of ether oxygens (including phenoxy) is 1. The maximum absolute atomic E-state index is 14.2. The molecule has 0 unspecified atom stereocenters. The number of nitrogens with zero attached hydrogens (tertiary/aromatic N) is 2. The molecule has 13 nitrogen and oxygen atoms in total. The minimum absolute atomic E-state index is 0.00458. The van der Waals surface area contributed by atoms with Crippen LogP contribution >= 0.6 is 0 Å². The van der Waals surface area contributed by atoms with Gasteiger partial charge < -0.3 is 24.2 Å². The topological polar surface area (TPSA) is 140 Å². The molecule has 6 aromatic carbocycles. The van der Waals surface area contributed by atoms with E-state index in [1.54, 1.807) is 18.2 Å². The summed E-state index contributed by atoms with van der Waals surface area (Å²) in [5.41, 5.74) is 1.71. The predicted octanol–water partition coefficient (Wildman–Crippen LogP) is 6.06. The lowest BCUT2D eigenvalue weighted by molar-refractivity contribution is -0.542.